The average Bonchev–Trinajstić information content (AvgIpc) is 2.58. The molecule has 2 heterocycles. The van der Waals surface area contributed by atoms with Gasteiger partial charge in [0, 0.05) is 37.9 Å². The second kappa shape index (κ2) is 5.93. The van der Waals surface area contributed by atoms with Gasteiger partial charge in [0.2, 0.25) is 0 Å². The Morgan fingerprint density at radius 2 is 1.77 bits per heavy atom. The number of carbonyl (C=O) groups is 1. The van der Waals surface area contributed by atoms with Crippen LogP contribution in [-0.4, -0.2) is 52.2 Å². The Hall–Kier alpha value is -2.76. The van der Waals surface area contributed by atoms with Crippen LogP contribution in [0.15, 0.2) is 42.6 Å². The number of carbonyl (C=O) groups excluding carboxylic acids is 1. The number of rotatable bonds is 2. The molecule has 1 saturated heterocycles. The molecule has 0 radical (unpaired) electrons. The lowest BCUT2D eigenvalue weighted by molar-refractivity contribution is 0.0746. The van der Waals surface area contributed by atoms with Gasteiger partial charge in [0.05, 0.1) is 0 Å². The summed E-state index contributed by atoms with van der Waals surface area (Å²) < 4.78 is 0. The minimum absolute atomic E-state index is 0.143. The average molecular weight is 299 g/mol. The first-order valence-electron chi connectivity index (χ1n) is 7.12. The molecular formula is C16H17N3O3. The van der Waals surface area contributed by atoms with Crippen LogP contribution >= 0.6 is 0 Å². The molecule has 2 N–H and O–H groups in total. The van der Waals surface area contributed by atoms with Crippen molar-refractivity contribution in [2.45, 2.75) is 0 Å². The molecular weight excluding hydrogens is 282 g/mol. The predicted octanol–water partition coefficient (Wildman–Crippen LogP) is 1.46. The molecule has 0 atom stereocenters. The zero-order chi connectivity index (χ0) is 15.5. The van der Waals surface area contributed by atoms with Gasteiger partial charge in [-0.3, -0.25) is 4.79 Å². The zero-order valence-corrected chi connectivity index (χ0v) is 12.0. The summed E-state index contributed by atoms with van der Waals surface area (Å²) >= 11 is 0. The van der Waals surface area contributed by atoms with Crippen molar-refractivity contribution in [3.05, 3.63) is 48.2 Å². The van der Waals surface area contributed by atoms with Crippen molar-refractivity contribution >= 4 is 11.7 Å². The molecule has 3 rings (SSSR count). The third kappa shape index (κ3) is 2.81. The third-order valence-electron chi connectivity index (χ3n) is 3.76. The van der Waals surface area contributed by atoms with Gasteiger partial charge >= 0.3 is 0 Å². The molecule has 2 aromatic rings. The van der Waals surface area contributed by atoms with Gasteiger partial charge in [0.15, 0.2) is 11.5 Å². The molecule has 6 heteroatoms. The molecule has 22 heavy (non-hydrogen) atoms. The monoisotopic (exact) mass is 299 g/mol. The molecule has 114 valence electrons. The number of pyridine rings is 1. The fourth-order valence-electron chi connectivity index (χ4n) is 2.52. The first-order chi connectivity index (χ1) is 10.6. The number of phenols is 2. The Bertz CT molecular complexity index is 668. The van der Waals surface area contributed by atoms with Gasteiger partial charge < -0.3 is 20.0 Å². The van der Waals surface area contributed by atoms with Gasteiger partial charge in [-0.25, -0.2) is 4.98 Å². The summed E-state index contributed by atoms with van der Waals surface area (Å²) in [5, 5.41) is 18.8. The number of anilines is 1. The van der Waals surface area contributed by atoms with Crippen molar-refractivity contribution in [1.82, 2.24) is 9.88 Å². The van der Waals surface area contributed by atoms with Gasteiger partial charge in [-0.15, -0.1) is 0 Å². The van der Waals surface area contributed by atoms with Crippen LogP contribution in [0.4, 0.5) is 5.82 Å². The standard InChI is InChI=1S/C16H17N3O3/c20-13-5-4-12(11-14(13)21)16(22)19-9-7-18(8-10-19)15-3-1-2-6-17-15/h1-6,11,20-21H,7-10H2. The molecule has 0 unspecified atom stereocenters. The van der Waals surface area contributed by atoms with E-state index in [1.54, 1.807) is 11.1 Å². The first-order valence-corrected chi connectivity index (χ1v) is 7.12. The van der Waals surface area contributed by atoms with E-state index in [0.29, 0.717) is 31.7 Å². The number of piperazine rings is 1. The lowest BCUT2D eigenvalue weighted by Gasteiger charge is -2.35. The lowest BCUT2D eigenvalue weighted by Crippen LogP contribution is -2.49. The molecule has 1 aliphatic rings. The van der Waals surface area contributed by atoms with Gasteiger partial charge in [-0.1, -0.05) is 6.07 Å². The summed E-state index contributed by atoms with van der Waals surface area (Å²) in [6.07, 6.45) is 1.76. The number of nitrogens with zero attached hydrogens (tertiary/aromatic N) is 3. The maximum Gasteiger partial charge on any atom is 0.254 e. The van der Waals surface area contributed by atoms with Crippen molar-refractivity contribution in [1.29, 1.82) is 0 Å². The van der Waals surface area contributed by atoms with Crippen LogP contribution in [0.2, 0.25) is 0 Å². The topological polar surface area (TPSA) is 76.9 Å². The largest absolute Gasteiger partial charge is 0.504 e. The van der Waals surface area contributed by atoms with E-state index >= 15 is 0 Å². The molecule has 0 aliphatic carbocycles. The molecule has 0 spiro atoms. The molecule has 1 amide bonds. The molecule has 0 saturated carbocycles. The number of amides is 1. The van der Waals surface area contributed by atoms with Crippen molar-refractivity contribution in [2.24, 2.45) is 0 Å². The molecule has 1 fully saturated rings. The Morgan fingerprint density at radius 3 is 2.41 bits per heavy atom. The number of aromatic nitrogens is 1. The quantitative estimate of drug-likeness (QED) is 0.821. The number of aromatic hydroxyl groups is 2. The molecule has 6 nitrogen and oxygen atoms in total. The second-order valence-electron chi connectivity index (χ2n) is 5.17. The van der Waals surface area contributed by atoms with Crippen LogP contribution in [0.1, 0.15) is 10.4 Å². The van der Waals surface area contributed by atoms with Crippen LogP contribution in [0.5, 0.6) is 11.5 Å². The minimum atomic E-state index is -0.280. The van der Waals surface area contributed by atoms with Crippen molar-refractivity contribution in [3.63, 3.8) is 0 Å². The van der Waals surface area contributed by atoms with Crippen LogP contribution in [0, 0.1) is 0 Å². The highest BCUT2D eigenvalue weighted by Crippen LogP contribution is 2.25. The molecule has 1 aliphatic heterocycles. The van der Waals surface area contributed by atoms with Gasteiger partial charge in [-0.05, 0) is 30.3 Å². The van der Waals surface area contributed by atoms with Crippen molar-refractivity contribution in [2.75, 3.05) is 31.1 Å². The number of hydrogen-bond acceptors (Lipinski definition) is 5. The van der Waals surface area contributed by atoms with E-state index < -0.39 is 0 Å². The first kappa shape index (κ1) is 14.2. The smallest absolute Gasteiger partial charge is 0.254 e. The van der Waals surface area contributed by atoms with E-state index in [-0.39, 0.29) is 17.4 Å². The Balaban J connectivity index is 1.66. The van der Waals surface area contributed by atoms with Gasteiger partial charge in [-0.2, -0.15) is 0 Å². The summed E-state index contributed by atoms with van der Waals surface area (Å²) in [6.45, 7) is 2.62. The Kier molecular flexibility index (Phi) is 3.82. The van der Waals surface area contributed by atoms with Crippen LogP contribution in [0.3, 0.4) is 0 Å². The van der Waals surface area contributed by atoms with E-state index in [1.165, 1.54) is 18.2 Å². The highest BCUT2D eigenvalue weighted by atomic mass is 16.3. The summed E-state index contributed by atoms with van der Waals surface area (Å²) in [4.78, 5) is 20.6. The summed E-state index contributed by atoms with van der Waals surface area (Å²) in [7, 11) is 0. The second-order valence-corrected chi connectivity index (χ2v) is 5.17. The van der Waals surface area contributed by atoms with E-state index in [4.69, 9.17) is 0 Å². The predicted molar refractivity (Wildman–Crippen MR) is 82.1 cm³/mol. The Labute approximate surface area is 128 Å². The highest BCUT2D eigenvalue weighted by molar-refractivity contribution is 5.95. The molecule has 1 aromatic carbocycles. The minimum Gasteiger partial charge on any atom is -0.504 e. The molecule has 0 bridgehead atoms. The van der Waals surface area contributed by atoms with E-state index in [1.807, 2.05) is 18.2 Å². The highest BCUT2D eigenvalue weighted by Gasteiger charge is 2.23. The molecule has 1 aromatic heterocycles. The number of hydrogen-bond donors (Lipinski definition) is 2. The van der Waals surface area contributed by atoms with Gasteiger partial charge in [0.25, 0.3) is 5.91 Å². The zero-order valence-electron chi connectivity index (χ0n) is 12.0. The van der Waals surface area contributed by atoms with Crippen LogP contribution in [-0.2, 0) is 0 Å². The summed E-state index contributed by atoms with van der Waals surface area (Å²) in [5.41, 5.74) is 0.376. The van der Waals surface area contributed by atoms with Gasteiger partial charge in [0.1, 0.15) is 5.82 Å². The van der Waals surface area contributed by atoms with Crippen LogP contribution in [0.25, 0.3) is 0 Å². The normalized spacial score (nSPS) is 14.9. The maximum atomic E-state index is 12.4. The van der Waals surface area contributed by atoms with E-state index in [9.17, 15) is 15.0 Å². The number of phenolic OH excluding ortho intramolecular Hbond substituents is 2. The van der Waals surface area contributed by atoms with Crippen LogP contribution < -0.4 is 4.90 Å². The lowest BCUT2D eigenvalue weighted by atomic mass is 10.1. The SMILES string of the molecule is O=C(c1ccc(O)c(O)c1)N1CCN(c2ccccn2)CC1. The van der Waals surface area contributed by atoms with E-state index in [0.717, 1.165) is 5.82 Å². The summed E-state index contributed by atoms with van der Waals surface area (Å²) in [6, 6.07) is 9.91. The fraction of sp³-hybridized carbons (Fsp3) is 0.250. The summed E-state index contributed by atoms with van der Waals surface area (Å²) in [5.74, 6) is 0.266. The van der Waals surface area contributed by atoms with E-state index in [2.05, 4.69) is 9.88 Å². The maximum absolute atomic E-state index is 12.4. The Morgan fingerprint density at radius 1 is 1.00 bits per heavy atom. The third-order valence-corrected chi connectivity index (χ3v) is 3.76. The van der Waals surface area contributed by atoms with Crippen molar-refractivity contribution < 1.29 is 15.0 Å². The fourth-order valence-corrected chi connectivity index (χ4v) is 2.52. The number of benzene rings is 1. The van der Waals surface area contributed by atoms with Crippen molar-refractivity contribution in [3.8, 4) is 11.5 Å².